The molecule has 0 aliphatic heterocycles. The average Bonchev–Trinajstić information content (AvgIpc) is 3.18. The highest BCUT2D eigenvalue weighted by atomic mass is 16.6. The maximum atomic E-state index is 11.9. The van der Waals surface area contributed by atoms with Crippen molar-refractivity contribution in [2.24, 2.45) is 0 Å². The monoisotopic (exact) mass is 369 g/mol. The fourth-order valence-electron chi connectivity index (χ4n) is 2.18. The maximum absolute atomic E-state index is 11.9. The zero-order chi connectivity index (χ0) is 19.2. The summed E-state index contributed by atoms with van der Waals surface area (Å²) in [6, 6.07) is 14.6. The van der Waals surface area contributed by atoms with Crippen molar-refractivity contribution in [1.82, 2.24) is 10.2 Å². The summed E-state index contributed by atoms with van der Waals surface area (Å²) in [6.07, 6.45) is -0.767. The van der Waals surface area contributed by atoms with Gasteiger partial charge in [0.15, 0.2) is 12.7 Å². The van der Waals surface area contributed by atoms with E-state index < -0.39 is 17.0 Å². The van der Waals surface area contributed by atoms with Gasteiger partial charge >= 0.3 is 5.97 Å². The van der Waals surface area contributed by atoms with Gasteiger partial charge in [-0.3, -0.25) is 10.1 Å². The molecule has 1 atom stereocenters. The quantitative estimate of drug-likeness (QED) is 0.353. The number of ether oxygens (including phenoxy) is 2. The highest BCUT2D eigenvalue weighted by Gasteiger charge is 2.19. The van der Waals surface area contributed by atoms with Gasteiger partial charge < -0.3 is 13.9 Å². The number of non-ortho nitro benzene ring substituents is 1. The minimum atomic E-state index is -0.767. The molecule has 0 amide bonds. The highest BCUT2D eigenvalue weighted by molar-refractivity contribution is 5.71. The predicted octanol–water partition coefficient (Wildman–Crippen LogP) is 3.33. The molecular weight excluding hydrogens is 354 g/mol. The molecule has 0 N–H and O–H groups in total. The van der Waals surface area contributed by atoms with Gasteiger partial charge in [-0.25, -0.2) is 4.79 Å². The Bertz CT molecular complexity index is 924. The maximum Gasteiger partial charge on any atom is 0.344 e. The lowest BCUT2D eigenvalue weighted by molar-refractivity contribution is -0.384. The van der Waals surface area contributed by atoms with Crippen LogP contribution in [0.2, 0.25) is 0 Å². The molecule has 0 spiro atoms. The summed E-state index contributed by atoms with van der Waals surface area (Å²) >= 11 is 0. The number of hydrogen-bond acceptors (Lipinski definition) is 8. The molecule has 0 unspecified atom stereocenters. The van der Waals surface area contributed by atoms with E-state index in [1.54, 1.807) is 31.2 Å². The number of carbonyl (C=O) groups excluding carboxylic acids is 1. The number of carbonyl (C=O) groups is 1. The number of para-hydroxylation sites is 1. The fourth-order valence-corrected chi connectivity index (χ4v) is 2.18. The second kappa shape index (κ2) is 8.09. The third-order valence-electron chi connectivity index (χ3n) is 3.52. The van der Waals surface area contributed by atoms with Crippen molar-refractivity contribution in [2.45, 2.75) is 13.0 Å². The van der Waals surface area contributed by atoms with Crippen molar-refractivity contribution in [2.75, 3.05) is 6.61 Å². The number of rotatable bonds is 7. The largest absolute Gasteiger partial charge is 0.482 e. The third-order valence-corrected chi connectivity index (χ3v) is 3.52. The summed E-state index contributed by atoms with van der Waals surface area (Å²) in [5.41, 5.74) is 0.476. The average molecular weight is 369 g/mol. The van der Waals surface area contributed by atoms with Crippen LogP contribution in [0.15, 0.2) is 59.0 Å². The lowest BCUT2D eigenvalue weighted by Crippen LogP contribution is -2.17. The van der Waals surface area contributed by atoms with Crippen LogP contribution in [0.4, 0.5) is 5.69 Å². The van der Waals surface area contributed by atoms with Crippen molar-refractivity contribution in [1.29, 1.82) is 0 Å². The van der Waals surface area contributed by atoms with Crippen molar-refractivity contribution in [3.05, 3.63) is 70.6 Å². The van der Waals surface area contributed by atoms with Gasteiger partial charge in [-0.1, -0.05) is 18.2 Å². The van der Waals surface area contributed by atoms with Crippen LogP contribution in [0, 0.1) is 10.1 Å². The molecule has 3 aromatic rings. The second-order valence-electron chi connectivity index (χ2n) is 5.48. The Morgan fingerprint density at radius 2 is 1.85 bits per heavy atom. The number of nitro groups is 1. The zero-order valence-electron chi connectivity index (χ0n) is 14.3. The summed E-state index contributed by atoms with van der Waals surface area (Å²) < 4.78 is 16.0. The van der Waals surface area contributed by atoms with E-state index in [1.807, 2.05) is 6.07 Å². The lowest BCUT2D eigenvalue weighted by Gasteiger charge is -2.10. The van der Waals surface area contributed by atoms with Crippen LogP contribution >= 0.6 is 0 Å². The van der Waals surface area contributed by atoms with E-state index in [0.717, 1.165) is 0 Å². The summed E-state index contributed by atoms with van der Waals surface area (Å²) in [5.74, 6) is 0.251. The van der Waals surface area contributed by atoms with Crippen LogP contribution in [0.25, 0.3) is 11.5 Å². The molecule has 0 radical (unpaired) electrons. The molecule has 0 bridgehead atoms. The molecule has 2 aromatic carbocycles. The zero-order valence-corrected chi connectivity index (χ0v) is 14.3. The second-order valence-corrected chi connectivity index (χ2v) is 5.48. The third kappa shape index (κ3) is 4.66. The number of aromatic nitrogens is 2. The van der Waals surface area contributed by atoms with Crippen LogP contribution in [0.3, 0.4) is 0 Å². The minimum absolute atomic E-state index is 0.0424. The number of hydrogen-bond donors (Lipinski definition) is 0. The molecule has 27 heavy (non-hydrogen) atoms. The van der Waals surface area contributed by atoms with Gasteiger partial charge in [-0.05, 0) is 31.2 Å². The summed E-state index contributed by atoms with van der Waals surface area (Å²) in [4.78, 5) is 22.1. The van der Waals surface area contributed by atoms with Crippen LogP contribution in [-0.4, -0.2) is 27.7 Å². The minimum Gasteiger partial charge on any atom is -0.482 e. The summed E-state index contributed by atoms with van der Waals surface area (Å²) in [7, 11) is 0. The first-order chi connectivity index (χ1) is 13.0. The van der Waals surface area contributed by atoms with Crippen molar-refractivity contribution >= 4 is 11.7 Å². The van der Waals surface area contributed by atoms with Gasteiger partial charge in [0, 0.05) is 17.7 Å². The Morgan fingerprint density at radius 1 is 1.15 bits per heavy atom. The Hall–Kier alpha value is -3.75. The summed E-state index contributed by atoms with van der Waals surface area (Å²) in [5, 5.41) is 18.4. The molecule has 3 rings (SSSR count). The van der Waals surface area contributed by atoms with E-state index in [-0.39, 0.29) is 24.1 Å². The van der Waals surface area contributed by atoms with Crippen LogP contribution in [0.5, 0.6) is 5.75 Å². The molecule has 9 heteroatoms. The standard InChI is InChI=1S/C18H15N3O6/c1-12(26-16(22)11-25-15-5-3-2-4-6-15)17-19-20-18(27-17)13-7-9-14(10-8-13)21(23)24/h2-10,12H,11H2,1H3/t12-/m0/s1. The molecular formula is C18H15N3O6. The predicted molar refractivity (Wildman–Crippen MR) is 92.8 cm³/mol. The summed E-state index contributed by atoms with van der Waals surface area (Å²) in [6.45, 7) is 1.34. The van der Waals surface area contributed by atoms with Crippen LogP contribution < -0.4 is 4.74 Å². The Labute approximate surface area is 153 Å². The number of esters is 1. The molecule has 138 valence electrons. The number of nitro benzene ring substituents is 1. The molecule has 0 fully saturated rings. The molecule has 0 aliphatic carbocycles. The van der Waals surface area contributed by atoms with E-state index in [2.05, 4.69) is 10.2 Å². The van der Waals surface area contributed by atoms with Crippen molar-refractivity contribution in [3.63, 3.8) is 0 Å². The Kier molecular flexibility index (Phi) is 5.41. The van der Waals surface area contributed by atoms with Crippen LogP contribution in [-0.2, 0) is 9.53 Å². The molecule has 1 heterocycles. The fraction of sp³-hybridized carbons (Fsp3) is 0.167. The number of nitrogens with zero attached hydrogens (tertiary/aromatic N) is 3. The van der Waals surface area contributed by atoms with E-state index in [4.69, 9.17) is 13.9 Å². The normalized spacial score (nSPS) is 11.6. The molecule has 0 aliphatic rings. The van der Waals surface area contributed by atoms with E-state index in [0.29, 0.717) is 11.3 Å². The first-order valence-corrected chi connectivity index (χ1v) is 7.98. The molecule has 1 aromatic heterocycles. The van der Waals surface area contributed by atoms with Gasteiger partial charge in [-0.2, -0.15) is 0 Å². The Morgan fingerprint density at radius 3 is 2.52 bits per heavy atom. The lowest BCUT2D eigenvalue weighted by atomic mass is 10.2. The van der Waals surface area contributed by atoms with Crippen molar-refractivity contribution in [3.8, 4) is 17.2 Å². The van der Waals surface area contributed by atoms with Crippen molar-refractivity contribution < 1.29 is 23.6 Å². The van der Waals surface area contributed by atoms with Gasteiger partial charge in [0.1, 0.15) is 5.75 Å². The first-order valence-electron chi connectivity index (χ1n) is 7.98. The molecule has 9 nitrogen and oxygen atoms in total. The molecule has 0 saturated heterocycles. The van der Waals surface area contributed by atoms with Crippen LogP contribution in [0.1, 0.15) is 18.9 Å². The first kappa shape index (κ1) is 18.1. The SMILES string of the molecule is C[C@H](OC(=O)COc1ccccc1)c1nnc(-c2ccc([N+](=O)[O-])cc2)o1. The van der Waals surface area contributed by atoms with Gasteiger partial charge in [-0.15, -0.1) is 10.2 Å². The smallest absolute Gasteiger partial charge is 0.344 e. The van der Waals surface area contributed by atoms with Gasteiger partial charge in [0.2, 0.25) is 5.89 Å². The topological polar surface area (TPSA) is 118 Å². The Balaban J connectivity index is 1.58. The highest BCUT2D eigenvalue weighted by Crippen LogP contribution is 2.24. The molecule has 0 saturated carbocycles. The van der Waals surface area contributed by atoms with Gasteiger partial charge in [0.25, 0.3) is 11.6 Å². The van der Waals surface area contributed by atoms with E-state index in [1.165, 1.54) is 24.3 Å². The van der Waals surface area contributed by atoms with E-state index in [9.17, 15) is 14.9 Å². The van der Waals surface area contributed by atoms with E-state index >= 15 is 0 Å². The number of benzene rings is 2. The van der Waals surface area contributed by atoms with Gasteiger partial charge in [0.05, 0.1) is 4.92 Å².